The molecule has 0 saturated heterocycles. The number of phenolic OH excluding ortho intramolecular Hbond substituents is 1. The van der Waals surface area contributed by atoms with Crippen molar-refractivity contribution in [2.24, 2.45) is 14.1 Å². The van der Waals surface area contributed by atoms with Crippen LogP contribution in [0.2, 0.25) is 0 Å². The van der Waals surface area contributed by atoms with Gasteiger partial charge in [-0.1, -0.05) is 18.2 Å². The molecule has 1 aliphatic rings. The van der Waals surface area contributed by atoms with Crippen molar-refractivity contribution in [1.82, 2.24) is 24.7 Å². The van der Waals surface area contributed by atoms with E-state index in [0.29, 0.717) is 42.5 Å². The minimum atomic E-state index is -0.642. The van der Waals surface area contributed by atoms with Gasteiger partial charge >= 0.3 is 5.69 Å². The first-order valence-corrected chi connectivity index (χ1v) is 12.7. The zero-order valence-corrected chi connectivity index (χ0v) is 21.9. The first kappa shape index (κ1) is 27.4. The van der Waals surface area contributed by atoms with Gasteiger partial charge in [-0.15, -0.1) is 0 Å². The number of amides is 3. The smallest absolute Gasteiger partial charge is 0.331 e. The molecule has 2 aromatic carbocycles. The Morgan fingerprint density at radius 1 is 0.872 bits per heavy atom. The van der Waals surface area contributed by atoms with Crippen LogP contribution in [0.5, 0.6) is 5.75 Å². The summed E-state index contributed by atoms with van der Waals surface area (Å²) in [4.78, 5) is 64.8. The van der Waals surface area contributed by atoms with Gasteiger partial charge in [0.05, 0.1) is 6.54 Å². The van der Waals surface area contributed by atoms with Crippen LogP contribution in [0.1, 0.15) is 39.3 Å². The molecule has 39 heavy (non-hydrogen) atoms. The minimum Gasteiger partial charge on any atom is -0.507 e. The van der Waals surface area contributed by atoms with Gasteiger partial charge in [0.2, 0.25) is 5.91 Å². The molecule has 0 fully saturated rings. The number of benzene rings is 2. The average molecular weight is 534 g/mol. The molecule has 11 heteroatoms. The van der Waals surface area contributed by atoms with Crippen molar-refractivity contribution in [2.45, 2.75) is 19.3 Å². The number of hydrogen-bond donors (Lipinski definition) is 3. The summed E-state index contributed by atoms with van der Waals surface area (Å²) in [5.74, 6) is -1.19. The minimum absolute atomic E-state index is 0.0778. The molecule has 0 unspecified atom stereocenters. The first-order chi connectivity index (χ1) is 18.7. The lowest BCUT2D eigenvalue weighted by Crippen LogP contribution is -2.45. The van der Waals surface area contributed by atoms with Gasteiger partial charge in [-0.05, 0) is 54.7 Å². The highest BCUT2D eigenvalue weighted by Crippen LogP contribution is 2.30. The quantitative estimate of drug-likeness (QED) is 0.422. The number of nitrogens with zero attached hydrogens (tertiary/aromatic N) is 3. The second-order valence-corrected chi connectivity index (χ2v) is 9.49. The fraction of sp³-hybridized carbons (Fsp3) is 0.321. The van der Waals surface area contributed by atoms with Gasteiger partial charge in [-0.3, -0.25) is 28.3 Å². The molecule has 4 rings (SSSR count). The molecule has 0 aliphatic carbocycles. The summed E-state index contributed by atoms with van der Waals surface area (Å²) < 4.78 is 1.99. The van der Waals surface area contributed by atoms with Gasteiger partial charge in [-0.25, -0.2) is 4.79 Å². The summed E-state index contributed by atoms with van der Waals surface area (Å²) in [6, 6.07) is 13.2. The molecule has 0 radical (unpaired) electrons. The molecule has 1 aliphatic heterocycles. The van der Waals surface area contributed by atoms with E-state index in [1.807, 2.05) is 12.1 Å². The maximum atomic E-state index is 13.4. The number of rotatable bonds is 1. The molecule has 11 nitrogen and oxygen atoms in total. The second kappa shape index (κ2) is 11.8. The summed E-state index contributed by atoms with van der Waals surface area (Å²) in [5.41, 5.74) is 1.22. The summed E-state index contributed by atoms with van der Waals surface area (Å²) in [6.45, 7) is 0.544. The van der Waals surface area contributed by atoms with Crippen LogP contribution in [-0.2, 0) is 25.3 Å². The van der Waals surface area contributed by atoms with Gasteiger partial charge in [0, 0.05) is 50.9 Å². The lowest BCUT2D eigenvalue weighted by atomic mass is 9.98. The third-order valence-corrected chi connectivity index (χ3v) is 6.74. The molecular weight excluding hydrogens is 502 g/mol. The molecule has 3 N–H and O–H groups in total. The van der Waals surface area contributed by atoms with Crippen molar-refractivity contribution in [2.75, 3.05) is 26.2 Å². The Morgan fingerprint density at radius 3 is 2.44 bits per heavy atom. The van der Waals surface area contributed by atoms with E-state index in [2.05, 4.69) is 10.6 Å². The summed E-state index contributed by atoms with van der Waals surface area (Å²) in [6.07, 6.45) is 1.46. The molecule has 3 amide bonds. The fourth-order valence-corrected chi connectivity index (χ4v) is 4.46. The summed E-state index contributed by atoms with van der Waals surface area (Å²) >= 11 is 0. The number of aromatic nitrogens is 2. The standard InChI is InChI=1S/C28H31N5O6/c1-31-22(16-25(36)32(2)28(31)39)27(38)33-13-4-3-11-30-26(37)20-7-5-6-19(15-20)21-14-18(8-9-23(21)34)10-12-29-24(35)17-33/h5-9,14-16,34H,3-4,10-13,17H2,1-2H3,(H,29,35)(H,30,37). The van der Waals surface area contributed by atoms with Gasteiger partial charge in [-0.2, -0.15) is 0 Å². The molecule has 2 heterocycles. The van der Waals surface area contributed by atoms with Gasteiger partial charge in [0.25, 0.3) is 17.4 Å². The number of nitrogens with one attached hydrogen (secondary N) is 2. The molecule has 0 saturated carbocycles. The summed E-state index contributed by atoms with van der Waals surface area (Å²) in [7, 11) is 2.72. The number of fused-ring (bicyclic) bond motifs is 5. The van der Waals surface area contributed by atoms with E-state index in [0.717, 1.165) is 20.8 Å². The van der Waals surface area contributed by atoms with Crippen LogP contribution >= 0.6 is 0 Å². The van der Waals surface area contributed by atoms with E-state index in [9.17, 15) is 29.1 Å². The largest absolute Gasteiger partial charge is 0.507 e. The molecule has 1 aromatic heterocycles. The number of aromatic hydroxyl groups is 1. The van der Waals surface area contributed by atoms with Crippen LogP contribution in [0.15, 0.2) is 58.1 Å². The predicted octanol–water partition coefficient (Wildman–Crippen LogP) is 0.781. The van der Waals surface area contributed by atoms with E-state index in [4.69, 9.17) is 0 Å². The van der Waals surface area contributed by atoms with Crippen LogP contribution in [-0.4, -0.2) is 63.0 Å². The lowest BCUT2D eigenvalue weighted by Gasteiger charge is -2.23. The highest BCUT2D eigenvalue weighted by molar-refractivity contribution is 5.96. The molecular formula is C28H31N5O6. The van der Waals surface area contributed by atoms with Crippen LogP contribution in [0.25, 0.3) is 11.1 Å². The normalized spacial score (nSPS) is 15.1. The van der Waals surface area contributed by atoms with E-state index in [1.54, 1.807) is 30.3 Å². The Hall–Kier alpha value is -4.67. The van der Waals surface area contributed by atoms with Gasteiger partial charge in [0.1, 0.15) is 11.4 Å². The molecule has 204 valence electrons. The second-order valence-electron chi connectivity index (χ2n) is 9.49. The van der Waals surface area contributed by atoms with Crippen molar-refractivity contribution in [3.05, 3.63) is 86.2 Å². The number of carbonyl (C=O) groups excluding carboxylic acids is 3. The SMILES string of the molecule is Cn1c(C(=O)N2CCCCNC(=O)c3cccc(c3)-c3cc(ccc3O)CCNC(=O)C2)cc(=O)n(C)c1=O. The van der Waals surface area contributed by atoms with E-state index in [1.165, 1.54) is 19.0 Å². The number of carbonyl (C=O) groups is 3. The number of hydrogen-bond acceptors (Lipinski definition) is 6. The molecule has 4 bridgehead atoms. The zero-order valence-electron chi connectivity index (χ0n) is 21.9. The Balaban J connectivity index is 1.59. The predicted molar refractivity (Wildman–Crippen MR) is 145 cm³/mol. The Labute approximate surface area is 224 Å². The van der Waals surface area contributed by atoms with Crippen molar-refractivity contribution in [3.8, 4) is 16.9 Å². The van der Waals surface area contributed by atoms with Gasteiger partial charge < -0.3 is 20.6 Å². The van der Waals surface area contributed by atoms with Crippen molar-refractivity contribution in [3.63, 3.8) is 0 Å². The van der Waals surface area contributed by atoms with Crippen LogP contribution in [0.4, 0.5) is 0 Å². The maximum Gasteiger partial charge on any atom is 0.331 e. The van der Waals surface area contributed by atoms with Crippen LogP contribution in [0.3, 0.4) is 0 Å². The van der Waals surface area contributed by atoms with E-state index < -0.39 is 23.1 Å². The molecule has 3 aromatic rings. The average Bonchev–Trinajstić information content (AvgIpc) is 2.93. The third-order valence-electron chi connectivity index (χ3n) is 6.74. The zero-order chi connectivity index (χ0) is 28.1. The van der Waals surface area contributed by atoms with E-state index >= 15 is 0 Å². The number of phenols is 1. The Bertz CT molecular complexity index is 1540. The van der Waals surface area contributed by atoms with Crippen LogP contribution in [0, 0.1) is 0 Å². The summed E-state index contributed by atoms with van der Waals surface area (Å²) in [5, 5.41) is 16.1. The highest BCUT2D eigenvalue weighted by Gasteiger charge is 2.22. The molecule has 0 spiro atoms. The third kappa shape index (κ3) is 6.25. The first-order valence-electron chi connectivity index (χ1n) is 12.7. The van der Waals surface area contributed by atoms with Crippen molar-refractivity contribution in [1.29, 1.82) is 0 Å². The highest BCUT2D eigenvalue weighted by atomic mass is 16.3. The fourth-order valence-electron chi connectivity index (χ4n) is 4.46. The lowest BCUT2D eigenvalue weighted by molar-refractivity contribution is -0.121. The Morgan fingerprint density at radius 2 is 1.64 bits per heavy atom. The topological polar surface area (TPSA) is 143 Å². The van der Waals surface area contributed by atoms with Gasteiger partial charge in [0.15, 0.2) is 0 Å². The van der Waals surface area contributed by atoms with Crippen molar-refractivity contribution < 1.29 is 19.5 Å². The molecule has 0 atom stereocenters. The monoisotopic (exact) mass is 533 g/mol. The van der Waals surface area contributed by atoms with Crippen LogP contribution < -0.4 is 21.9 Å². The maximum absolute atomic E-state index is 13.4. The Kier molecular flexibility index (Phi) is 8.28. The van der Waals surface area contributed by atoms with E-state index in [-0.39, 0.29) is 37.0 Å². The van der Waals surface area contributed by atoms with Crippen molar-refractivity contribution >= 4 is 17.7 Å².